The van der Waals surface area contributed by atoms with Gasteiger partial charge in [0.05, 0.1) is 6.54 Å². The molecule has 19 heavy (non-hydrogen) atoms. The van der Waals surface area contributed by atoms with Gasteiger partial charge in [0.1, 0.15) is 0 Å². The number of carbonyl (C=O) groups is 3. The van der Waals surface area contributed by atoms with Gasteiger partial charge in [0, 0.05) is 5.69 Å². The van der Waals surface area contributed by atoms with Crippen LogP contribution in [0, 0.1) is 0 Å². The van der Waals surface area contributed by atoms with Gasteiger partial charge in [-0.05, 0) is 18.2 Å². The molecule has 0 aliphatic heterocycles. The molecule has 0 heterocycles. The molecular formula is C13H13ClN2O3. The van der Waals surface area contributed by atoms with Crippen molar-refractivity contribution in [3.05, 3.63) is 43.0 Å². The van der Waals surface area contributed by atoms with E-state index in [4.69, 9.17) is 11.6 Å². The molecule has 0 radical (unpaired) electrons. The lowest BCUT2D eigenvalue weighted by atomic mass is 10.2. The van der Waals surface area contributed by atoms with Gasteiger partial charge in [0.25, 0.3) is 0 Å². The molecule has 0 aliphatic carbocycles. The van der Waals surface area contributed by atoms with Gasteiger partial charge in [-0.3, -0.25) is 14.4 Å². The van der Waals surface area contributed by atoms with Crippen LogP contribution in [0.1, 0.15) is 0 Å². The van der Waals surface area contributed by atoms with Crippen molar-refractivity contribution < 1.29 is 14.4 Å². The fraction of sp³-hybridized carbons (Fsp3) is 0.154. The molecule has 0 aromatic heterocycles. The Hall–Kier alpha value is -2.14. The van der Waals surface area contributed by atoms with Crippen LogP contribution in [-0.4, -0.2) is 29.5 Å². The predicted octanol–water partition coefficient (Wildman–Crippen LogP) is 1.10. The summed E-state index contributed by atoms with van der Waals surface area (Å²) >= 11 is 5.72. The van der Waals surface area contributed by atoms with Crippen molar-refractivity contribution in [1.29, 1.82) is 0 Å². The number of carbonyl (C=O) groups excluding carboxylic acids is 3. The highest BCUT2D eigenvalue weighted by Crippen LogP contribution is 2.08. The third kappa shape index (κ3) is 4.93. The summed E-state index contributed by atoms with van der Waals surface area (Å²) in [5.74, 6) is -1.73. The van der Waals surface area contributed by atoms with Crippen LogP contribution < -0.4 is 10.6 Å². The Morgan fingerprint density at radius 1 is 1.26 bits per heavy atom. The molecule has 1 rings (SSSR count). The monoisotopic (exact) mass is 280 g/mol. The van der Waals surface area contributed by atoms with E-state index in [0.29, 0.717) is 5.69 Å². The molecule has 1 atom stereocenters. The molecule has 6 heteroatoms. The number of amides is 2. The molecule has 0 aliphatic rings. The molecule has 0 saturated carbocycles. The maximum absolute atomic E-state index is 11.7. The van der Waals surface area contributed by atoms with Crippen LogP contribution in [0.3, 0.4) is 0 Å². The predicted molar refractivity (Wildman–Crippen MR) is 72.9 cm³/mol. The lowest BCUT2D eigenvalue weighted by molar-refractivity contribution is -0.126. The van der Waals surface area contributed by atoms with E-state index < -0.39 is 23.0 Å². The second-order valence-electron chi connectivity index (χ2n) is 3.61. The Balaban J connectivity index is 2.50. The van der Waals surface area contributed by atoms with Gasteiger partial charge < -0.3 is 10.6 Å². The average Bonchev–Trinajstić information content (AvgIpc) is 2.44. The van der Waals surface area contributed by atoms with Gasteiger partial charge in [-0.15, -0.1) is 11.6 Å². The number of rotatable bonds is 6. The molecular weight excluding hydrogens is 268 g/mol. The molecule has 1 unspecified atom stereocenters. The summed E-state index contributed by atoms with van der Waals surface area (Å²) in [6.07, 6.45) is 1.03. The summed E-state index contributed by atoms with van der Waals surface area (Å²) in [5, 5.41) is 3.40. The van der Waals surface area contributed by atoms with Crippen molar-refractivity contribution >= 4 is 34.9 Å². The van der Waals surface area contributed by atoms with Gasteiger partial charge in [0.2, 0.25) is 11.8 Å². The molecule has 1 aromatic carbocycles. The molecule has 2 amide bonds. The smallest absolute Gasteiger partial charge is 0.250 e. The summed E-state index contributed by atoms with van der Waals surface area (Å²) in [7, 11) is 0. The van der Waals surface area contributed by atoms with Crippen LogP contribution in [0.15, 0.2) is 43.0 Å². The zero-order valence-corrected chi connectivity index (χ0v) is 10.8. The Labute approximate surface area is 115 Å². The van der Waals surface area contributed by atoms with Crippen LogP contribution in [0.5, 0.6) is 0 Å². The normalized spacial score (nSPS) is 11.2. The second kappa shape index (κ2) is 7.33. The quantitative estimate of drug-likeness (QED) is 0.465. The van der Waals surface area contributed by atoms with Crippen LogP contribution in [0.4, 0.5) is 5.69 Å². The minimum atomic E-state index is -1.36. The van der Waals surface area contributed by atoms with E-state index in [-0.39, 0.29) is 6.54 Å². The number of nitrogens with one attached hydrogen (secondary N) is 2. The number of hydrogen-bond acceptors (Lipinski definition) is 3. The lowest BCUT2D eigenvalue weighted by Gasteiger charge is -2.09. The molecule has 1 aromatic rings. The molecule has 0 fully saturated rings. The number of para-hydroxylation sites is 1. The zero-order chi connectivity index (χ0) is 14.3. The Kier molecular flexibility index (Phi) is 5.75. The Morgan fingerprint density at radius 3 is 2.47 bits per heavy atom. The van der Waals surface area contributed by atoms with E-state index >= 15 is 0 Å². The third-order valence-electron chi connectivity index (χ3n) is 2.18. The maximum atomic E-state index is 11.7. The van der Waals surface area contributed by atoms with Crippen molar-refractivity contribution in [2.24, 2.45) is 0 Å². The van der Waals surface area contributed by atoms with Gasteiger partial charge in [-0.1, -0.05) is 24.8 Å². The number of halogens is 1. The summed E-state index contributed by atoms with van der Waals surface area (Å²) in [6, 6.07) is 8.62. The lowest BCUT2D eigenvalue weighted by Crippen LogP contribution is -2.38. The molecule has 0 saturated heterocycles. The SMILES string of the molecule is C=CC(=O)NCC(=O)C(Cl)C(=O)Nc1ccccc1. The number of benzene rings is 1. The highest BCUT2D eigenvalue weighted by Gasteiger charge is 2.23. The number of alkyl halides is 1. The van der Waals surface area contributed by atoms with Gasteiger partial charge in [0.15, 0.2) is 11.2 Å². The van der Waals surface area contributed by atoms with Crippen LogP contribution in [0.25, 0.3) is 0 Å². The van der Waals surface area contributed by atoms with Gasteiger partial charge >= 0.3 is 0 Å². The first-order valence-electron chi connectivity index (χ1n) is 5.47. The van der Waals surface area contributed by atoms with Crippen molar-refractivity contribution in [1.82, 2.24) is 5.32 Å². The third-order valence-corrected chi connectivity index (χ3v) is 2.62. The van der Waals surface area contributed by atoms with Crippen molar-refractivity contribution in [3.8, 4) is 0 Å². The van der Waals surface area contributed by atoms with E-state index in [1.165, 1.54) is 0 Å². The molecule has 100 valence electrons. The van der Waals surface area contributed by atoms with Crippen molar-refractivity contribution in [3.63, 3.8) is 0 Å². The zero-order valence-electron chi connectivity index (χ0n) is 10.1. The Morgan fingerprint density at radius 2 is 1.89 bits per heavy atom. The first-order chi connectivity index (χ1) is 9.04. The number of anilines is 1. The fourth-order valence-corrected chi connectivity index (χ4v) is 1.34. The molecule has 0 spiro atoms. The first kappa shape index (κ1) is 14.9. The largest absolute Gasteiger partial charge is 0.345 e. The molecule has 5 nitrogen and oxygen atoms in total. The summed E-state index contributed by atoms with van der Waals surface area (Å²) in [5.41, 5.74) is 0.543. The first-order valence-corrected chi connectivity index (χ1v) is 5.91. The van der Waals surface area contributed by atoms with Crippen LogP contribution in [-0.2, 0) is 14.4 Å². The minimum Gasteiger partial charge on any atom is -0.345 e. The average molecular weight is 281 g/mol. The van der Waals surface area contributed by atoms with E-state index in [1.807, 2.05) is 0 Å². The highest BCUT2D eigenvalue weighted by atomic mass is 35.5. The van der Waals surface area contributed by atoms with E-state index in [9.17, 15) is 14.4 Å². The van der Waals surface area contributed by atoms with Crippen molar-refractivity contribution in [2.75, 3.05) is 11.9 Å². The van der Waals surface area contributed by atoms with E-state index in [1.54, 1.807) is 30.3 Å². The second-order valence-corrected chi connectivity index (χ2v) is 4.04. The minimum absolute atomic E-state index is 0.318. The summed E-state index contributed by atoms with van der Waals surface area (Å²) < 4.78 is 0. The van der Waals surface area contributed by atoms with Crippen molar-refractivity contribution in [2.45, 2.75) is 5.38 Å². The van der Waals surface area contributed by atoms with E-state index in [2.05, 4.69) is 17.2 Å². The number of Topliss-reactive ketones (excluding diaryl/α,β-unsaturated/α-hetero) is 1. The van der Waals surface area contributed by atoms with Crippen LogP contribution in [0.2, 0.25) is 0 Å². The fourth-order valence-electron chi connectivity index (χ4n) is 1.21. The number of ketones is 1. The number of hydrogen-bond donors (Lipinski definition) is 2. The van der Waals surface area contributed by atoms with Gasteiger partial charge in [-0.25, -0.2) is 0 Å². The highest BCUT2D eigenvalue weighted by molar-refractivity contribution is 6.43. The molecule has 0 bridgehead atoms. The standard InChI is InChI=1S/C13H13ClN2O3/c1-2-11(18)15-8-10(17)12(14)13(19)16-9-6-4-3-5-7-9/h2-7,12H,1,8H2,(H,15,18)(H,16,19). The summed E-state index contributed by atoms with van der Waals surface area (Å²) in [6.45, 7) is 2.92. The maximum Gasteiger partial charge on any atom is 0.250 e. The van der Waals surface area contributed by atoms with Crippen LogP contribution >= 0.6 is 11.6 Å². The summed E-state index contributed by atoms with van der Waals surface area (Å²) in [4.78, 5) is 34.1. The van der Waals surface area contributed by atoms with E-state index in [0.717, 1.165) is 6.08 Å². The topological polar surface area (TPSA) is 75.3 Å². The molecule has 2 N–H and O–H groups in total. The van der Waals surface area contributed by atoms with Gasteiger partial charge in [-0.2, -0.15) is 0 Å². The Bertz CT molecular complexity index is 488.